The van der Waals surface area contributed by atoms with Crippen LogP contribution in [0, 0.1) is 0 Å². The molecule has 0 amide bonds. The van der Waals surface area contributed by atoms with Gasteiger partial charge in [-0.2, -0.15) is 10.1 Å². The van der Waals surface area contributed by atoms with Crippen LogP contribution in [0.25, 0.3) is 11.0 Å². The van der Waals surface area contributed by atoms with Crippen LogP contribution < -0.4 is 10.5 Å². The minimum Gasteiger partial charge on any atom is -0.396 e. The van der Waals surface area contributed by atoms with E-state index < -0.39 is 0 Å². The van der Waals surface area contributed by atoms with Crippen LogP contribution in [0.1, 0.15) is 40.0 Å². The van der Waals surface area contributed by atoms with Crippen LogP contribution in [0.5, 0.6) is 0 Å². The fourth-order valence-corrected chi connectivity index (χ4v) is 3.57. The van der Waals surface area contributed by atoms with Gasteiger partial charge >= 0.3 is 0 Å². The van der Waals surface area contributed by atoms with Crippen molar-refractivity contribution in [3.05, 3.63) is 16.6 Å². The Morgan fingerprint density at radius 2 is 2.04 bits per heavy atom. The second-order valence-electron chi connectivity index (χ2n) is 8.13. The molecular formula is C18H30N6O2. The van der Waals surface area contributed by atoms with Gasteiger partial charge in [0.2, 0.25) is 5.95 Å². The molecule has 8 nitrogen and oxygen atoms in total. The first-order valence-electron chi connectivity index (χ1n) is 9.36. The van der Waals surface area contributed by atoms with Crippen molar-refractivity contribution in [2.24, 2.45) is 0 Å². The zero-order valence-corrected chi connectivity index (χ0v) is 16.2. The van der Waals surface area contributed by atoms with Gasteiger partial charge in [-0.3, -0.25) is 9.78 Å². The monoisotopic (exact) mass is 362 g/mol. The molecule has 2 aromatic rings. The number of aliphatic hydroxyl groups excluding tert-OH is 1. The molecule has 8 heteroatoms. The van der Waals surface area contributed by atoms with Gasteiger partial charge in [-0.15, -0.1) is 0 Å². The average molecular weight is 362 g/mol. The highest BCUT2D eigenvalue weighted by Crippen LogP contribution is 2.22. The predicted molar refractivity (Wildman–Crippen MR) is 103 cm³/mol. The Balaban J connectivity index is 1.78. The molecule has 1 aliphatic rings. The van der Waals surface area contributed by atoms with Crippen molar-refractivity contribution >= 4 is 17.0 Å². The topological polar surface area (TPSA) is 90.3 Å². The van der Waals surface area contributed by atoms with E-state index >= 15 is 0 Å². The maximum absolute atomic E-state index is 12.5. The number of nitrogens with one attached hydrogen (secondary N) is 1. The summed E-state index contributed by atoms with van der Waals surface area (Å²) in [4.78, 5) is 24.6. The van der Waals surface area contributed by atoms with E-state index in [9.17, 15) is 4.79 Å². The van der Waals surface area contributed by atoms with Crippen molar-refractivity contribution in [2.45, 2.75) is 51.6 Å². The number of anilines is 1. The maximum atomic E-state index is 12.5. The first-order chi connectivity index (χ1) is 12.3. The van der Waals surface area contributed by atoms with Gasteiger partial charge < -0.3 is 14.9 Å². The van der Waals surface area contributed by atoms with E-state index in [0.717, 1.165) is 38.9 Å². The van der Waals surface area contributed by atoms with Gasteiger partial charge in [0.25, 0.3) is 5.56 Å². The Hall–Kier alpha value is -1.93. The molecule has 1 fully saturated rings. The lowest BCUT2D eigenvalue weighted by molar-refractivity contribution is 0.184. The molecule has 0 spiro atoms. The summed E-state index contributed by atoms with van der Waals surface area (Å²) in [7, 11) is 2.12. The smallest absolute Gasteiger partial charge is 0.263 e. The third-order valence-electron chi connectivity index (χ3n) is 5.12. The Labute approximate surface area is 153 Å². The van der Waals surface area contributed by atoms with E-state index in [4.69, 9.17) is 10.1 Å². The predicted octanol–water partition coefficient (Wildman–Crippen LogP) is 1.16. The quantitative estimate of drug-likeness (QED) is 0.829. The van der Waals surface area contributed by atoms with Crippen molar-refractivity contribution in [3.63, 3.8) is 0 Å². The number of aromatic amines is 1. The summed E-state index contributed by atoms with van der Waals surface area (Å²) in [6, 6.07) is 0.508. The number of hydrogen-bond donors (Lipinski definition) is 2. The fraction of sp³-hybridized carbons (Fsp3) is 0.722. The lowest BCUT2D eigenvalue weighted by atomic mass is 10.0. The van der Waals surface area contributed by atoms with E-state index in [1.807, 2.05) is 4.68 Å². The van der Waals surface area contributed by atoms with E-state index in [1.165, 1.54) is 0 Å². The highest BCUT2D eigenvalue weighted by molar-refractivity contribution is 5.74. The SMILES string of the molecule is CN(CCCO)C1CCN(c2nc3c(cnn3C(C)(C)C)c(=O)[nH]2)CC1. The van der Waals surface area contributed by atoms with Crippen LogP contribution in [-0.2, 0) is 5.54 Å². The van der Waals surface area contributed by atoms with Gasteiger partial charge in [0.15, 0.2) is 5.65 Å². The van der Waals surface area contributed by atoms with Crippen LogP contribution in [0.3, 0.4) is 0 Å². The van der Waals surface area contributed by atoms with E-state index in [2.05, 4.69) is 47.7 Å². The van der Waals surface area contributed by atoms with Gasteiger partial charge in [0.1, 0.15) is 5.39 Å². The molecule has 26 heavy (non-hydrogen) atoms. The van der Waals surface area contributed by atoms with Crippen LogP contribution in [0.2, 0.25) is 0 Å². The van der Waals surface area contributed by atoms with Gasteiger partial charge in [-0.25, -0.2) is 4.68 Å². The number of H-pyrrole nitrogens is 1. The van der Waals surface area contributed by atoms with Crippen LogP contribution in [0.15, 0.2) is 11.0 Å². The van der Waals surface area contributed by atoms with E-state index in [1.54, 1.807) is 6.20 Å². The van der Waals surface area contributed by atoms with Gasteiger partial charge in [-0.1, -0.05) is 0 Å². The molecule has 0 saturated carbocycles. The largest absolute Gasteiger partial charge is 0.396 e. The zero-order valence-electron chi connectivity index (χ0n) is 16.2. The summed E-state index contributed by atoms with van der Waals surface area (Å²) >= 11 is 0. The second-order valence-corrected chi connectivity index (χ2v) is 8.13. The molecule has 0 bridgehead atoms. The summed E-state index contributed by atoms with van der Waals surface area (Å²) in [5.41, 5.74) is 0.267. The maximum Gasteiger partial charge on any atom is 0.263 e. The lowest BCUT2D eigenvalue weighted by Gasteiger charge is -2.37. The third-order valence-corrected chi connectivity index (χ3v) is 5.12. The number of hydrogen-bond acceptors (Lipinski definition) is 6. The summed E-state index contributed by atoms with van der Waals surface area (Å²) < 4.78 is 1.82. The molecule has 2 N–H and O–H groups in total. The molecular weight excluding hydrogens is 332 g/mol. The molecule has 144 valence electrons. The highest BCUT2D eigenvalue weighted by Gasteiger charge is 2.25. The first-order valence-corrected chi connectivity index (χ1v) is 9.36. The molecule has 2 aromatic heterocycles. The first kappa shape index (κ1) is 18.8. The van der Waals surface area contributed by atoms with E-state index in [-0.39, 0.29) is 17.7 Å². The van der Waals surface area contributed by atoms with Crippen molar-refractivity contribution in [2.75, 3.05) is 38.2 Å². The number of rotatable bonds is 5. The van der Waals surface area contributed by atoms with Gasteiger partial charge in [-0.05, 0) is 47.1 Å². The Morgan fingerprint density at radius 3 is 2.65 bits per heavy atom. The van der Waals surface area contributed by atoms with Crippen LogP contribution >= 0.6 is 0 Å². The minimum absolute atomic E-state index is 0.136. The molecule has 3 heterocycles. The highest BCUT2D eigenvalue weighted by atomic mass is 16.3. The standard InChI is InChI=1S/C18H30N6O2/c1-18(2,3)24-15-14(12-19-24)16(26)21-17(20-15)23-9-6-13(7-10-23)22(4)8-5-11-25/h12-13,25H,5-11H2,1-4H3,(H,20,21,26). The second kappa shape index (κ2) is 7.36. The number of aliphatic hydroxyl groups is 1. The van der Waals surface area contributed by atoms with Gasteiger partial charge in [0.05, 0.1) is 11.7 Å². The Bertz CT molecular complexity index is 798. The molecule has 1 saturated heterocycles. The number of nitrogens with zero attached hydrogens (tertiary/aromatic N) is 5. The minimum atomic E-state index is -0.234. The molecule has 0 atom stereocenters. The number of piperidine rings is 1. The molecule has 3 rings (SSSR count). The number of fused-ring (bicyclic) bond motifs is 1. The van der Waals surface area contributed by atoms with Crippen molar-refractivity contribution in [1.29, 1.82) is 0 Å². The van der Waals surface area contributed by atoms with Gasteiger partial charge in [0, 0.05) is 32.3 Å². The number of aromatic nitrogens is 4. The average Bonchev–Trinajstić information content (AvgIpc) is 3.04. The molecule has 0 aliphatic carbocycles. The normalized spacial score (nSPS) is 16.8. The van der Waals surface area contributed by atoms with E-state index in [0.29, 0.717) is 23.0 Å². The Morgan fingerprint density at radius 1 is 1.35 bits per heavy atom. The third kappa shape index (κ3) is 3.76. The summed E-state index contributed by atoms with van der Waals surface area (Å²) in [6.07, 6.45) is 4.43. The van der Waals surface area contributed by atoms with Crippen molar-refractivity contribution in [3.8, 4) is 0 Å². The zero-order chi connectivity index (χ0) is 18.9. The Kier molecular flexibility index (Phi) is 5.34. The lowest BCUT2D eigenvalue weighted by Crippen LogP contribution is -2.44. The molecule has 0 aromatic carbocycles. The molecule has 1 aliphatic heterocycles. The van der Waals surface area contributed by atoms with Crippen LogP contribution in [-0.4, -0.2) is 69.1 Å². The summed E-state index contributed by atoms with van der Waals surface area (Å²) in [5.74, 6) is 0.630. The fourth-order valence-electron chi connectivity index (χ4n) is 3.57. The van der Waals surface area contributed by atoms with Crippen molar-refractivity contribution < 1.29 is 5.11 Å². The molecule has 0 unspecified atom stereocenters. The van der Waals surface area contributed by atoms with Crippen molar-refractivity contribution in [1.82, 2.24) is 24.6 Å². The summed E-state index contributed by atoms with van der Waals surface area (Å²) in [5, 5.41) is 13.9. The molecule has 0 radical (unpaired) electrons. The summed E-state index contributed by atoms with van der Waals surface area (Å²) in [6.45, 7) is 9.00. The van der Waals surface area contributed by atoms with Crippen LogP contribution in [0.4, 0.5) is 5.95 Å².